The standard InChI is InChI=1S/C16H20O2SSi/c1-12(17)18-16(14-9-10-19-11-14)13-5-7-15(8-6-13)20(2,3)4/h5-11,16H,1-4H3/t16-/m0/s1. The first-order valence-corrected chi connectivity index (χ1v) is 11.1. The van der Waals surface area contributed by atoms with E-state index in [0.717, 1.165) is 11.1 Å². The Morgan fingerprint density at radius 2 is 1.75 bits per heavy atom. The fourth-order valence-corrected chi connectivity index (χ4v) is 3.92. The van der Waals surface area contributed by atoms with Gasteiger partial charge in [-0.3, -0.25) is 4.79 Å². The molecule has 0 aliphatic heterocycles. The van der Waals surface area contributed by atoms with Gasteiger partial charge >= 0.3 is 5.97 Å². The Kier molecular flexibility index (Phi) is 4.45. The van der Waals surface area contributed by atoms with Gasteiger partial charge in [0.15, 0.2) is 6.10 Å². The number of rotatable bonds is 4. The summed E-state index contributed by atoms with van der Waals surface area (Å²) < 4.78 is 5.49. The van der Waals surface area contributed by atoms with Gasteiger partial charge < -0.3 is 4.74 Å². The molecule has 0 amide bonds. The highest BCUT2D eigenvalue weighted by atomic mass is 32.1. The number of hydrogen-bond donors (Lipinski definition) is 0. The van der Waals surface area contributed by atoms with Crippen LogP contribution in [-0.2, 0) is 9.53 Å². The Morgan fingerprint density at radius 1 is 1.10 bits per heavy atom. The van der Waals surface area contributed by atoms with Gasteiger partial charge in [-0.2, -0.15) is 11.3 Å². The largest absolute Gasteiger partial charge is 0.453 e. The molecule has 0 fully saturated rings. The van der Waals surface area contributed by atoms with E-state index in [2.05, 4.69) is 43.9 Å². The van der Waals surface area contributed by atoms with Crippen LogP contribution in [0.15, 0.2) is 41.1 Å². The third-order valence-electron chi connectivity index (χ3n) is 3.21. The first-order chi connectivity index (χ1) is 9.38. The van der Waals surface area contributed by atoms with E-state index in [4.69, 9.17) is 4.74 Å². The number of carbonyl (C=O) groups is 1. The molecule has 106 valence electrons. The molecule has 2 nitrogen and oxygen atoms in total. The van der Waals surface area contributed by atoms with Crippen LogP contribution in [0.4, 0.5) is 0 Å². The lowest BCUT2D eigenvalue weighted by Crippen LogP contribution is -2.37. The van der Waals surface area contributed by atoms with Crippen molar-refractivity contribution in [2.75, 3.05) is 0 Å². The molecule has 1 aromatic carbocycles. The van der Waals surface area contributed by atoms with Crippen molar-refractivity contribution in [1.29, 1.82) is 0 Å². The summed E-state index contributed by atoms with van der Waals surface area (Å²) in [6.45, 7) is 8.43. The fourth-order valence-electron chi connectivity index (χ4n) is 2.08. The summed E-state index contributed by atoms with van der Waals surface area (Å²) in [6.07, 6.45) is -0.297. The molecule has 0 spiro atoms. The van der Waals surface area contributed by atoms with Crippen LogP contribution in [0.1, 0.15) is 24.2 Å². The zero-order valence-electron chi connectivity index (χ0n) is 12.3. The lowest BCUT2D eigenvalue weighted by Gasteiger charge is -2.20. The van der Waals surface area contributed by atoms with Crippen LogP contribution in [0.5, 0.6) is 0 Å². The number of benzene rings is 1. The van der Waals surface area contributed by atoms with Crippen molar-refractivity contribution in [3.8, 4) is 0 Å². The van der Waals surface area contributed by atoms with Crippen molar-refractivity contribution >= 4 is 30.6 Å². The minimum Gasteiger partial charge on any atom is -0.453 e. The van der Waals surface area contributed by atoms with Crippen molar-refractivity contribution in [2.24, 2.45) is 0 Å². The van der Waals surface area contributed by atoms with Gasteiger partial charge in [0.2, 0.25) is 0 Å². The number of thiophene rings is 1. The van der Waals surface area contributed by atoms with E-state index in [9.17, 15) is 4.79 Å². The molecule has 1 aromatic heterocycles. The van der Waals surface area contributed by atoms with E-state index in [1.54, 1.807) is 11.3 Å². The predicted molar refractivity (Wildman–Crippen MR) is 87.4 cm³/mol. The summed E-state index contributed by atoms with van der Waals surface area (Å²) in [7, 11) is -1.29. The van der Waals surface area contributed by atoms with E-state index in [0.29, 0.717) is 0 Å². The lowest BCUT2D eigenvalue weighted by molar-refractivity contribution is -0.144. The minimum absolute atomic E-state index is 0.254. The summed E-state index contributed by atoms with van der Waals surface area (Å²) in [6, 6.07) is 10.5. The van der Waals surface area contributed by atoms with E-state index in [1.807, 2.05) is 16.8 Å². The molecule has 0 radical (unpaired) electrons. The Balaban J connectivity index is 2.32. The highest BCUT2D eigenvalue weighted by molar-refractivity contribution is 7.08. The van der Waals surface area contributed by atoms with Crippen LogP contribution in [0.3, 0.4) is 0 Å². The van der Waals surface area contributed by atoms with Crippen LogP contribution in [0.25, 0.3) is 0 Å². The average Bonchev–Trinajstić information content (AvgIpc) is 2.88. The highest BCUT2D eigenvalue weighted by Gasteiger charge is 2.20. The normalized spacial score (nSPS) is 13.0. The van der Waals surface area contributed by atoms with Gasteiger partial charge in [-0.15, -0.1) is 0 Å². The van der Waals surface area contributed by atoms with E-state index in [1.165, 1.54) is 12.1 Å². The maximum atomic E-state index is 11.3. The highest BCUT2D eigenvalue weighted by Crippen LogP contribution is 2.27. The molecule has 0 unspecified atom stereocenters. The molecule has 2 rings (SSSR count). The minimum atomic E-state index is -1.29. The molecule has 1 atom stereocenters. The smallest absolute Gasteiger partial charge is 0.303 e. The molecule has 4 heteroatoms. The first-order valence-electron chi connectivity index (χ1n) is 6.67. The molecule has 0 bridgehead atoms. The van der Waals surface area contributed by atoms with Crippen molar-refractivity contribution < 1.29 is 9.53 Å². The maximum Gasteiger partial charge on any atom is 0.303 e. The van der Waals surface area contributed by atoms with Gasteiger partial charge in [-0.25, -0.2) is 0 Å². The molecule has 1 heterocycles. The number of ether oxygens (including phenoxy) is 1. The van der Waals surface area contributed by atoms with Gasteiger partial charge in [0, 0.05) is 12.5 Å². The topological polar surface area (TPSA) is 26.3 Å². The van der Waals surface area contributed by atoms with E-state index < -0.39 is 8.07 Å². The Hall–Kier alpha value is -1.39. The van der Waals surface area contributed by atoms with Gasteiger partial charge in [0.05, 0.1) is 8.07 Å². The van der Waals surface area contributed by atoms with Crippen LogP contribution >= 0.6 is 11.3 Å². The summed E-state index contributed by atoms with van der Waals surface area (Å²) in [5.41, 5.74) is 2.06. The SMILES string of the molecule is CC(=O)O[C@@H](c1ccc([Si](C)(C)C)cc1)c1ccsc1. The van der Waals surface area contributed by atoms with Crippen molar-refractivity contribution in [3.63, 3.8) is 0 Å². The van der Waals surface area contributed by atoms with Gasteiger partial charge in [0.25, 0.3) is 0 Å². The van der Waals surface area contributed by atoms with Crippen molar-refractivity contribution in [2.45, 2.75) is 32.7 Å². The summed E-state index contributed by atoms with van der Waals surface area (Å²) in [4.78, 5) is 11.3. The Bertz CT molecular complexity index is 568. The molecular weight excluding hydrogens is 284 g/mol. The zero-order chi connectivity index (χ0) is 14.8. The van der Waals surface area contributed by atoms with Crippen LogP contribution < -0.4 is 5.19 Å². The Morgan fingerprint density at radius 3 is 2.20 bits per heavy atom. The number of carbonyl (C=O) groups excluding carboxylic acids is 1. The molecule has 20 heavy (non-hydrogen) atoms. The summed E-state index contributed by atoms with van der Waals surface area (Å²) >= 11 is 1.61. The van der Waals surface area contributed by atoms with Gasteiger partial charge in [0.1, 0.15) is 0 Å². The molecule has 0 N–H and O–H groups in total. The van der Waals surface area contributed by atoms with Crippen molar-refractivity contribution in [3.05, 3.63) is 52.2 Å². The van der Waals surface area contributed by atoms with E-state index in [-0.39, 0.29) is 12.1 Å². The first kappa shape index (κ1) is 15.0. The van der Waals surface area contributed by atoms with Crippen LogP contribution in [0, 0.1) is 0 Å². The fraction of sp³-hybridized carbons (Fsp3) is 0.312. The second kappa shape index (κ2) is 5.93. The van der Waals surface area contributed by atoms with Crippen LogP contribution in [0.2, 0.25) is 19.6 Å². The zero-order valence-corrected chi connectivity index (χ0v) is 14.2. The monoisotopic (exact) mass is 304 g/mol. The molecular formula is C16H20O2SSi. The van der Waals surface area contributed by atoms with Crippen molar-refractivity contribution in [1.82, 2.24) is 0 Å². The number of hydrogen-bond acceptors (Lipinski definition) is 3. The lowest BCUT2D eigenvalue weighted by atomic mass is 10.0. The third-order valence-corrected chi connectivity index (χ3v) is 5.98. The number of esters is 1. The van der Waals surface area contributed by atoms with E-state index >= 15 is 0 Å². The van der Waals surface area contributed by atoms with Crippen LogP contribution in [-0.4, -0.2) is 14.0 Å². The predicted octanol–water partition coefficient (Wildman–Crippen LogP) is 3.95. The molecule has 2 aromatic rings. The molecule has 0 aliphatic carbocycles. The molecule has 0 aliphatic rings. The molecule has 0 saturated carbocycles. The average molecular weight is 304 g/mol. The summed E-state index contributed by atoms with van der Waals surface area (Å²) in [5, 5.41) is 5.44. The maximum absolute atomic E-state index is 11.3. The summed E-state index contributed by atoms with van der Waals surface area (Å²) in [5.74, 6) is -0.254. The quantitative estimate of drug-likeness (QED) is 0.631. The van der Waals surface area contributed by atoms with Gasteiger partial charge in [-0.05, 0) is 22.4 Å². The second-order valence-electron chi connectivity index (χ2n) is 5.92. The Labute approximate surface area is 125 Å². The second-order valence-corrected chi connectivity index (χ2v) is 11.8. The van der Waals surface area contributed by atoms with Gasteiger partial charge in [-0.1, -0.05) is 49.1 Å². The molecule has 0 saturated heterocycles. The third kappa shape index (κ3) is 3.58.